The number of benzene rings is 2. The number of ketones is 1. The second kappa shape index (κ2) is 6.28. The lowest BCUT2D eigenvalue weighted by atomic mass is 10.0. The molecular weight excluding hydrogens is 340 g/mol. The number of aromatic nitrogens is 2. The molecule has 0 amide bonds. The van der Waals surface area contributed by atoms with E-state index in [1.54, 1.807) is 18.3 Å². The van der Waals surface area contributed by atoms with Gasteiger partial charge in [0.15, 0.2) is 5.78 Å². The Morgan fingerprint density at radius 2 is 2.00 bits per heavy atom. The highest BCUT2D eigenvalue weighted by molar-refractivity contribution is 9.10. The summed E-state index contributed by atoms with van der Waals surface area (Å²) in [4.78, 5) is 12.4. The molecule has 0 fully saturated rings. The third-order valence-electron chi connectivity index (χ3n) is 3.56. The van der Waals surface area contributed by atoms with Gasteiger partial charge in [0.1, 0.15) is 0 Å². The molecule has 0 saturated heterocycles. The minimum atomic E-state index is -0.0125. The van der Waals surface area contributed by atoms with E-state index in [4.69, 9.17) is 0 Å². The lowest BCUT2D eigenvalue weighted by Gasteiger charge is -2.01. The number of aryl methyl sites for hydroxylation is 1. The monoisotopic (exact) mass is 354 g/mol. The van der Waals surface area contributed by atoms with E-state index in [0.717, 1.165) is 27.5 Å². The number of hydrogen-bond donors (Lipinski definition) is 0. The minimum absolute atomic E-state index is 0.0125. The first kappa shape index (κ1) is 14.7. The van der Waals surface area contributed by atoms with E-state index in [1.807, 2.05) is 54.1 Å². The normalized spacial score (nSPS) is 11.4. The van der Waals surface area contributed by atoms with Gasteiger partial charge in [-0.3, -0.25) is 9.48 Å². The highest BCUT2D eigenvalue weighted by atomic mass is 79.9. The van der Waals surface area contributed by atoms with E-state index in [1.165, 1.54) is 0 Å². The molecule has 0 bridgehead atoms. The number of halogens is 1. The molecule has 4 heteroatoms. The van der Waals surface area contributed by atoms with E-state index in [-0.39, 0.29) is 5.78 Å². The third-order valence-corrected chi connectivity index (χ3v) is 4.17. The molecule has 0 spiro atoms. The van der Waals surface area contributed by atoms with E-state index in [9.17, 15) is 4.79 Å². The average molecular weight is 355 g/mol. The molecule has 0 unspecified atom stereocenters. The first-order valence-electron chi connectivity index (χ1n) is 7.11. The number of carbonyl (C=O) groups is 1. The molecule has 3 nitrogen and oxygen atoms in total. The summed E-state index contributed by atoms with van der Waals surface area (Å²) in [6.07, 6.45) is 5.14. The summed E-state index contributed by atoms with van der Waals surface area (Å²) in [6.45, 7) is 2.78. The first-order valence-corrected chi connectivity index (χ1v) is 7.91. The van der Waals surface area contributed by atoms with Crippen LogP contribution in [-0.2, 0) is 6.54 Å². The Labute approximate surface area is 137 Å². The predicted octanol–water partition coefficient (Wildman–Crippen LogP) is 4.71. The minimum Gasteiger partial charge on any atom is -0.289 e. The van der Waals surface area contributed by atoms with Gasteiger partial charge < -0.3 is 0 Å². The molecule has 0 saturated carbocycles. The second-order valence-electron chi connectivity index (χ2n) is 4.95. The molecule has 3 aromatic rings. The van der Waals surface area contributed by atoms with Crippen LogP contribution in [0.5, 0.6) is 0 Å². The molecule has 1 aromatic heterocycles. The van der Waals surface area contributed by atoms with Gasteiger partial charge in [-0.2, -0.15) is 5.10 Å². The zero-order chi connectivity index (χ0) is 15.5. The van der Waals surface area contributed by atoms with Crippen molar-refractivity contribution < 1.29 is 4.79 Å². The van der Waals surface area contributed by atoms with Crippen molar-refractivity contribution in [2.75, 3.05) is 0 Å². The topological polar surface area (TPSA) is 34.9 Å². The summed E-state index contributed by atoms with van der Waals surface area (Å²) in [5, 5.41) is 6.44. The van der Waals surface area contributed by atoms with Crippen molar-refractivity contribution in [3.8, 4) is 0 Å². The van der Waals surface area contributed by atoms with Gasteiger partial charge in [-0.05, 0) is 51.8 Å². The zero-order valence-corrected chi connectivity index (χ0v) is 13.7. The van der Waals surface area contributed by atoms with E-state index in [2.05, 4.69) is 21.0 Å². The first-order chi connectivity index (χ1) is 10.7. The fourth-order valence-electron chi connectivity index (χ4n) is 2.38. The van der Waals surface area contributed by atoms with E-state index < -0.39 is 0 Å². The van der Waals surface area contributed by atoms with Crippen molar-refractivity contribution in [2.24, 2.45) is 0 Å². The molecule has 0 atom stereocenters. The van der Waals surface area contributed by atoms with Gasteiger partial charge in [-0.15, -0.1) is 0 Å². The summed E-state index contributed by atoms with van der Waals surface area (Å²) in [5.41, 5.74) is 1.59. The number of fused-ring (bicyclic) bond motifs is 1. The summed E-state index contributed by atoms with van der Waals surface area (Å²) < 4.78 is 2.73. The van der Waals surface area contributed by atoms with E-state index >= 15 is 0 Å². The van der Waals surface area contributed by atoms with Crippen molar-refractivity contribution in [1.29, 1.82) is 0 Å². The number of nitrogens with zero attached hydrogens (tertiary/aromatic N) is 2. The third kappa shape index (κ3) is 2.88. The van der Waals surface area contributed by atoms with Gasteiger partial charge in [0.05, 0.1) is 16.4 Å². The van der Waals surface area contributed by atoms with E-state index in [0.29, 0.717) is 5.56 Å². The summed E-state index contributed by atoms with van der Waals surface area (Å²) >= 11 is 3.45. The maximum Gasteiger partial charge on any atom is 0.185 e. The molecule has 0 aliphatic rings. The Kier molecular flexibility index (Phi) is 4.20. The van der Waals surface area contributed by atoms with Crippen LogP contribution in [-0.4, -0.2) is 15.6 Å². The number of allylic oxidation sites excluding steroid dienone is 1. The van der Waals surface area contributed by atoms with Gasteiger partial charge >= 0.3 is 0 Å². The van der Waals surface area contributed by atoms with Gasteiger partial charge in [0.2, 0.25) is 0 Å². The molecule has 2 aromatic carbocycles. The quantitative estimate of drug-likeness (QED) is 0.502. The SMILES string of the molecule is CCn1ncc(Br)c1C=CC(=O)c1ccc2ccccc2c1. The fraction of sp³-hybridized carbons (Fsp3) is 0.111. The molecule has 0 N–H and O–H groups in total. The van der Waals surface area contributed by atoms with Crippen molar-refractivity contribution >= 4 is 38.6 Å². The van der Waals surface area contributed by atoms with Crippen molar-refractivity contribution in [2.45, 2.75) is 13.5 Å². The van der Waals surface area contributed by atoms with Crippen LogP contribution in [0.4, 0.5) is 0 Å². The number of carbonyl (C=O) groups excluding carboxylic acids is 1. The molecule has 3 rings (SSSR count). The Bertz CT molecular complexity index is 864. The highest BCUT2D eigenvalue weighted by Crippen LogP contribution is 2.19. The second-order valence-corrected chi connectivity index (χ2v) is 5.81. The Hall–Kier alpha value is -2.20. The summed E-state index contributed by atoms with van der Waals surface area (Å²) in [6, 6.07) is 13.8. The van der Waals surface area contributed by atoms with Crippen LogP contribution in [0.25, 0.3) is 16.8 Å². The maximum atomic E-state index is 12.4. The molecule has 110 valence electrons. The Balaban J connectivity index is 1.89. The molecule has 1 heterocycles. The number of hydrogen-bond acceptors (Lipinski definition) is 2. The molecule has 0 aliphatic carbocycles. The van der Waals surface area contributed by atoms with Crippen LogP contribution in [0.15, 0.2) is 59.2 Å². The predicted molar refractivity (Wildman–Crippen MR) is 92.9 cm³/mol. The van der Waals surface area contributed by atoms with Crippen LogP contribution in [0.1, 0.15) is 23.0 Å². The van der Waals surface area contributed by atoms with Gasteiger partial charge in [0.25, 0.3) is 0 Å². The largest absolute Gasteiger partial charge is 0.289 e. The van der Waals surface area contributed by atoms with Crippen LogP contribution in [0.3, 0.4) is 0 Å². The highest BCUT2D eigenvalue weighted by Gasteiger charge is 2.06. The van der Waals surface area contributed by atoms with Crippen LogP contribution in [0.2, 0.25) is 0 Å². The standard InChI is InChI=1S/C18H15BrN2O/c1-2-21-17(16(19)12-20-21)9-10-18(22)15-8-7-13-5-3-4-6-14(13)11-15/h3-12H,2H2,1H3. The lowest BCUT2D eigenvalue weighted by molar-refractivity contribution is 0.104. The van der Waals surface area contributed by atoms with Crippen molar-refractivity contribution in [1.82, 2.24) is 9.78 Å². The molecule has 0 radical (unpaired) electrons. The van der Waals surface area contributed by atoms with Crippen LogP contribution in [0, 0.1) is 0 Å². The fourth-order valence-corrected chi connectivity index (χ4v) is 2.81. The molecule has 22 heavy (non-hydrogen) atoms. The Morgan fingerprint density at radius 1 is 1.23 bits per heavy atom. The van der Waals surface area contributed by atoms with Crippen molar-refractivity contribution in [3.63, 3.8) is 0 Å². The summed E-state index contributed by atoms with van der Waals surface area (Å²) in [7, 11) is 0. The van der Waals surface area contributed by atoms with Crippen LogP contribution < -0.4 is 0 Å². The van der Waals surface area contributed by atoms with Gasteiger partial charge in [0, 0.05) is 12.1 Å². The molecule has 0 aliphatic heterocycles. The summed E-state index contributed by atoms with van der Waals surface area (Å²) in [5.74, 6) is -0.0125. The lowest BCUT2D eigenvalue weighted by Crippen LogP contribution is -1.99. The van der Waals surface area contributed by atoms with Crippen molar-refractivity contribution in [3.05, 3.63) is 70.5 Å². The van der Waals surface area contributed by atoms with Gasteiger partial charge in [-0.25, -0.2) is 0 Å². The van der Waals surface area contributed by atoms with Crippen LogP contribution >= 0.6 is 15.9 Å². The molecular formula is C18H15BrN2O. The van der Waals surface area contributed by atoms with Gasteiger partial charge in [-0.1, -0.05) is 36.4 Å². The smallest absolute Gasteiger partial charge is 0.185 e. The Morgan fingerprint density at radius 3 is 2.77 bits per heavy atom. The average Bonchev–Trinajstić information content (AvgIpc) is 2.92. The maximum absolute atomic E-state index is 12.4. The zero-order valence-electron chi connectivity index (χ0n) is 12.2. The number of rotatable bonds is 4.